The van der Waals surface area contributed by atoms with E-state index in [1.54, 1.807) is 0 Å². The maximum Gasteiger partial charge on any atom is 0.204 e. The van der Waals surface area contributed by atoms with Crippen molar-refractivity contribution in [3.8, 4) is 0 Å². The molecule has 1 N–H and O–H groups in total. The lowest BCUT2D eigenvalue weighted by molar-refractivity contribution is -0.111. The summed E-state index contributed by atoms with van der Waals surface area (Å²) < 4.78 is 0. The van der Waals surface area contributed by atoms with Crippen LogP contribution in [0.1, 0.15) is 13.3 Å². The minimum absolute atomic E-state index is 0.270. The maximum atomic E-state index is 11.0. The fourth-order valence-electron chi connectivity index (χ4n) is 1.79. The molecular weight excluding hydrogens is 174 g/mol. The lowest BCUT2D eigenvalue weighted by Gasteiger charge is -2.18. The first-order chi connectivity index (χ1) is 5.72. The van der Waals surface area contributed by atoms with Crippen LogP contribution in [0.2, 0.25) is 0 Å². The van der Waals surface area contributed by atoms with Crippen LogP contribution in [0, 0.1) is 5.92 Å². The number of carbonyl (C=O) groups excluding carboxylic acids is 1. The van der Waals surface area contributed by atoms with Crippen LogP contribution in [-0.2, 0) is 4.79 Å². The van der Waals surface area contributed by atoms with Gasteiger partial charge in [0.15, 0.2) is 0 Å². The summed E-state index contributed by atoms with van der Waals surface area (Å²) in [7, 11) is 0. The molecule has 1 aliphatic carbocycles. The number of nitrogens with zero attached hydrogens (tertiary/aromatic N) is 1. The molecule has 0 amide bonds. The number of aliphatic hydroxyl groups excluding tert-OH is 1. The predicted molar refractivity (Wildman–Crippen MR) is 47.7 cm³/mol. The van der Waals surface area contributed by atoms with E-state index < -0.39 is 0 Å². The predicted octanol–water partition coefficient (Wildman–Crippen LogP) is 0.289. The SMILES string of the molecule is CC1SC(=O)CN1C1CC1CO. The highest BCUT2D eigenvalue weighted by molar-refractivity contribution is 8.14. The maximum absolute atomic E-state index is 11.0. The highest BCUT2D eigenvalue weighted by Gasteiger charge is 2.46. The minimum Gasteiger partial charge on any atom is -0.396 e. The molecule has 2 fully saturated rings. The van der Waals surface area contributed by atoms with Gasteiger partial charge in [-0.05, 0) is 19.3 Å². The van der Waals surface area contributed by atoms with Crippen LogP contribution >= 0.6 is 11.8 Å². The largest absolute Gasteiger partial charge is 0.396 e. The van der Waals surface area contributed by atoms with Crippen molar-refractivity contribution in [2.45, 2.75) is 24.8 Å². The molecule has 12 heavy (non-hydrogen) atoms. The van der Waals surface area contributed by atoms with Crippen molar-refractivity contribution >= 4 is 16.9 Å². The van der Waals surface area contributed by atoms with Crippen molar-refractivity contribution in [3.05, 3.63) is 0 Å². The zero-order valence-electron chi connectivity index (χ0n) is 7.06. The molecule has 1 heterocycles. The van der Waals surface area contributed by atoms with Gasteiger partial charge in [-0.1, -0.05) is 11.8 Å². The number of hydrogen-bond donors (Lipinski definition) is 1. The van der Waals surface area contributed by atoms with Crippen LogP contribution < -0.4 is 0 Å². The Balaban J connectivity index is 1.93. The van der Waals surface area contributed by atoms with Crippen LogP contribution in [0.5, 0.6) is 0 Å². The first kappa shape index (κ1) is 8.53. The van der Waals surface area contributed by atoms with Crippen molar-refractivity contribution in [3.63, 3.8) is 0 Å². The number of aliphatic hydroxyl groups is 1. The Hall–Kier alpha value is -0.0600. The molecule has 3 atom stereocenters. The van der Waals surface area contributed by atoms with E-state index in [-0.39, 0.29) is 11.7 Å². The molecule has 0 radical (unpaired) electrons. The minimum atomic E-state index is 0.270. The number of thioether (sulfide) groups is 1. The Morgan fingerprint density at radius 1 is 1.75 bits per heavy atom. The van der Waals surface area contributed by atoms with E-state index in [2.05, 4.69) is 11.8 Å². The molecule has 2 rings (SSSR count). The van der Waals surface area contributed by atoms with Gasteiger partial charge in [0.1, 0.15) is 0 Å². The average Bonchev–Trinajstić information content (AvgIpc) is 2.72. The molecule has 3 unspecified atom stereocenters. The standard InChI is InChI=1S/C8H13NO2S/c1-5-9(3-8(11)12-5)7-2-6(7)4-10/h5-7,10H,2-4H2,1H3. The van der Waals surface area contributed by atoms with E-state index >= 15 is 0 Å². The first-order valence-corrected chi connectivity index (χ1v) is 5.16. The van der Waals surface area contributed by atoms with Gasteiger partial charge in [0.25, 0.3) is 0 Å². The van der Waals surface area contributed by atoms with Gasteiger partial charge >= 0.3 is 0 Å². The van der Waals surface area contributed by atoms with Gasteiger partial charge in [0, 0.05) is 12.6 Å². The van der Waals surface area contributed by atoms with E-state index in [0.717, 1.165) is 6.42 Å². The van der Waals surface area contributed by atoms with Crippen molar-refractivity contribution < 1.29 is 9.90 Å². The summed E-state index contributed by atoms with van der Waals surface area (Å²) in [5, 5.41) is 9.46. The summed E-state index contributed by atoms with van der Waals surface area (Å²) in [5.74, 6) is 0.430. The van der Waals surface area contributed by atoms with Gasteiger partial charge in [-0.25, -0.2) is 0 Å². The van der Waals surface area contributed by atoms with Gasteiger partial charge in [0.2, 0.25) is 5.12 Å². The third kappa shape index (κ3) is 1.39. The summed E-state index contributed by atoms with van der Waals surface area (Å²) in [6.07, 6.45) is 1.06. The topological polar surface area (TPSA) is 40.5 Å². The molecular formula is C8H13NO2S. The van der Waals surface area contributed by atoms with Gasteiger partial charge < -0.3 is 5.11 Å². The van der Waals surface area contributed by atoms with Crippen molar-refractivity contribution in [1.29, 1.82) is 0 Å². The van der Waals surface area contributed by atoms with E-state index in [1.165, 1.54) is 11.8 Å². The summed E-state index contributed by atoms with van der Waals surface area (Å²) in [5.41, 5.74) is 0. The summed E-state index contributed by atoms with van der Waals surface area (Å²) in [6, 6.07) is 0.476. The van der Waals surface area contributed by atoms with Crippen molar-refractivity contribution in [2.24, 2.45) is 5.92 Å². The summed E-state index contributed by atoms with van der Waals surface area (Å²) in [4.78, 5) is 13.3. The van der Waals surface area contributed by atoms with Crippen molar-refractivity contribution in [2.75, 3.05) is 13.2 Å². The van der Waals surface area contributed by atoms with Gasteiger partial charge in [0.05, 0.1) is 11.9 Å². The second-order valence-electron chi connectivity index (χ2n) is 3.51. The van der Waals surface area contributed by atoms with E-state index in [9.17, 15) is 4.79 Å². The molecule has 0 aromatic carbocycles. The van der Waals surface area contributed by atoms with Crippen LogP contribution in [0.15, 0.2) is 0 Å². The van der Waals surface area contributed by atoms with Crippen molar-refractivity contribution in [1.82, 2.24) is 4.90 Å². The highest BCUT2D eigenvalue weighted by Crippen LogP contribution is 2.41. The van der Waals surface area contributed by atoms with E-state index in [1.807, 2.05) is 0 Å². The van der Waals surface area contributed by atoms with Crippen LogP contribution in [0.3, 0.4) is 0 Å². The zero-order chi connectivity index (χ0) is 8.72. The van der Waals surface area contributed by atoms with E-state index in [0.29, 0.717) is 23.9 Å². The Labute approximate surface area is 76.1 Å². The molecule has 1 saturated heterocycles. The molecule has 0 aromatic rings. The molecule has 68 valence electrons. The molecule has 0 spiro atoms. The normalized spacial score (nSPS) is 42.2. The average molecular weight is 187 g/mol. The molecule has 1 aliphatic heterocycles. The summed E-state index contributed by atoms with van der Waals surface area (Å²) in [6.45, 7) is 2.90. The van der Waals surface area contributed by atoms with Crippen LogP contribution in [-0.4, -0.2) is 39.7 Å². The highest BCUT2D eigenvalue weighted by atomic mass is 32.2. The lowest BCUT2D eigenvalue weighted by Crippen LogP contribution is -2.30. The third-order valence-corrected chi connectivity index (χ3v) is 3.63. The number of carbonyl (C=O) groups is 1. The van der Waals surface area contributed by atoms with Gasteiger partial charge in [-0.15, -0.1) is 0 Å². The molecule has 4 heteroatoms. The molecule has 3 nitrogen and oxygen atoms in total. The first-order valence-electron chi connectivity index (χ1n) is 4.28. The van der Waals surface area contributed by atoms with Crippen LogP contribution in [0.4, 0.5) is 0 Å². The summed E-state index contributed by atoms with van der Waals surface area (Å²) >= 11 is 1.41. The second kappa shape index (κ2) is 3.01. The van der Waals surface area contributed by atoms with Gasteiger partial charge in [-0.3, -0.25) is 9.69 Å². The molecule has 2 aliphatic rings. The zero-order valence-corrected chi connectivity index (χ0v) is 7.88. The Kier molecular flexibility index (Phi) is 2.14. The number of hydrogen-bond acceptors (Lipinski definition) is 4. The Morgan fingerprint density at radius 2 is 2.50 bits per heavy atom. The quantitative estimate of drug-likeness (QED) is 0.674. The molecule has 0 bridgehead atoms. The Morgan fingerprint density at radius 3 is 2.92 bits per heavy atom. The van der Waals surface area contributed by atoms with Crippen LogP contribution in [0.25, 0.3) is 0 Å². The lowest BCUT2D eigenvalue weighted by atomic mass is 10.4. The van der Waals surface area contributed by atoms with E-state index in [4.69, 9.17) is 5.11 Å². The Bertz CT molecular complexity index is 209. The fraction of sp³-hybridized carbons (Fsp3) is 0.875. The van der Waals surface area contributed by atoms with Gasteiger partial charge in [-0.2, -0.15) is 0 Å². The second-order valence-corrected chi connectivity index (χ2v) is 4.88. The molecule has 0 aromatic heterocycles. The smallest absolute Gasteiger partial charge is 0.204 e. The fourth-order valence-corrected chi connectivity index (χ4v) is 2.76. The molecule has 1 saturated carbocycles. The number of rotatable bonds is 2. The third-order valence-electron chi connectivity index (χ3n) is 2.63. The monoisotopic (exact) mass is 187 g/mol.